The molecule has 2 N–H and O–H groups in total. The molecule has 3 rings (SSSR count). The number of hydrogen-bond donors (Lipinski definition) is 2. The summed E-state index contributed by atoms with van der Waals surface area (Å²) in [5, 5.41) is 8.49. The van der Waals surface area contributed by atoms with Crippen molar-refractivity contribution in [3.05, 3.63) is 65.7 Å². The number of nitrogens with zero attached hydrogens (tertiary/aromatic N) is 3. The summed E-state index contributed by atoms with van der Waals surface area (Å²) in [4.78, 5) is 20.7. The number of aromatic nitrogens is 2. The predicted octanol–water partition coefficient (Wildman–Crippen LogP) is 4.96. The zero-order valence-corrected chi connectivity index (χ0v) is 20.4. The number of aliphatic carboxylic acids is 1. The minimum atomic E-state index is -4.69. The Morgan fingerprint density at radius 3 is 2.42 bits per heavy atom. The number of carboxylic acids is 1. The largest absolute Gasteiger partial charge is 0.481 e. The normalized spacial score (nSPS) is 11.8. The Labute approximate surface area is 206 Å². The van der Waals surface area contributed by atoms with Gasteiger partial charge in [0.25, 0.3) is 10.0 Å². The Morgan fingerprint density at radius 2 is 1.78 bits per heavy atom. The molecule has 0 radical (unpaired) electrons. The minimum absolute atomic E-state index is 0.0428. The summed E-state index contributed by atoms with van der Waals surface area (Å²) in [6, 6.07) is 12.5. The number of nitrogens with one attached hydrogen (secondary N) is 1. The van der Waals surface area contributed by atoms with E-state index in [2.05, 4.69) is 14.7 Å². The molecule has 3 aromatic rings. The monoisotopic (exact) mass is 522 g/mol. The highest BCUT2D eigenvalue weighted by Gasteiger charge is 2.35. The lowest BCUT2D eigenvalue weighted by Crippen LogP contribution is -2.26. The van der Waals surface area contributed by atoms with Crippen LogP contribution in [0.1, 0.15) is 30.9 Å². The van der Waals surface area contributed by atoms with Crippen molar-refractivity contribution in [1.29, 1.82) is 0 Å². The Balaban J connectivity index is 1.94. The maximum Gasteiger partial charge on any atom is 0.418 e. The average molecular weight is 523 g/mol. The summed E-state index contributed by atoms with van der Waals surface area (Å²) < 4.78 is 69.3. The van der Waals surface area contributed by atoms with Crippen LogP contribution in [0, 0.1) is 6.92 Å². The number of aryl methyl sites for hydroxylation is 1. The first-order valence-electron chi connectivity index (χ1n) is 11.0. The lowest BCUT2D eigenvalue weighted by Gasteiger charge is -2.22. The molecule has 2 aromatic heterocycles. The van der Waals surface area contributed by atoms with Gasteiger partial charge in [0.1, 0.15) is 11.6 Å². The topological polar surface area (TPSA) is 112 Å². The zero-order chi connectivity index (χ0) is 26.5. The first kappa shape index (κ1) is 26.9. The fourth-order valence-electron chi connectivity index (χ4n) is 3.56. The third-order valence-electron chi connectivity index (χ3n) is 5.35. The van der Waals surface area contributed by atoms with Crippen molar-refractivity contribution in [3.63, 3.8) is 0 Å². The molecule has 0 aliphatic rings. The lowest BCUT2D eigenvalue weighted by atomic mass is 10.0. The van der Waals surface area contributed by atoms with Gasteiger partial charge in [0.05, 0.1) is 11.3 Å². The van der Waals surface area contributed by atoms with Gasteiger partial charge in [0.2, 0.25) is 0 Å². The van der Waals surface area contributed by atoms with Crippen molar-refractivity contribution in [2.45, 2.75) is 37.9 Å². The molecular weight excluding hydrogens is 497 g/mol. The number of alkyl halides is 3. The van der Waals surface area contributed by atoms with E-state index in [-0.39, 0.29) is 22.8 Å². The first-order valence-corrected chi connectivity index (χ1v) is 12.5. The second kappa shape index (κ2) is 10.9. The molecule has 0 saturated carbocycles. The highest BCUT2D eigenvalue weighted by atomic mass is 32.2. The third-order valence-corrected chi connectivity index (χ3v) is 6.60. The van der Waals surface area contributed by atoms with E-state index in [4.69, 9.17) is 5.11 Å². The van der Waals surface area contributed by atoms with Crippen LogP contribution >= 0.6 is 0 Å². The maximum absolute atomic E-state index is 13.7. The summed E-state index contributed by atoms with van der Waals surface area (Å²) in [5.74, 6) is -0.900. The van der Waals surface area contributed by atoms with Crippen molar-refractivity contribution in [3.8, 4) is 11.3 Å². The fraction of sp³-hybridized carbons (Fsp3) is 0.292. The van der Waals surface area contributed by atoms with Gasteiger partial charge in [-0.3, -0.25) is 9.52 Å². The number of hydrogen-bond acceptors (Lipinski definition) is 6. The molecular formula is C24H25F3N4O4S. The maximum atomic E-state index is 13.7. The lowest BCUT2D eigenvalue weighted by molar-refractivity contribution is -0.138. The van der Waals surface area contributed by atoms with Crippen LogP contribution in [0.5, 0.6) is 0 Å². The van der Waals surface area contributed by atoms with Crippen LogP contribution in [-0.2, 0) is 21.0 Å². The number of benzene rings is 1. The molecule has 8 nitrogen and oxygen atoms in total. The van der Waals surface area contributed by atoms with E-state index < -0.39 is 33.4 Å². The van der Waals surface area contributed by atoms with Crippen molar-refractivity contribution < 1.29 is 31.5 Å². The van der Waals surface area contributed by atoms with Gasteiger partial charge in [-0.1, -0.05) is 30.3 Å². The molecule has 36 heavy (non-hydrogen) atoms. The number of anilines is 2. The van der Waals surface area contributed by atoms with Gasteiger partial charge < -0.3 is 10.0 Å². The van der Waals surface area contributed by atoms with Crippen molar-refractivity contribution >= 4 is 27.6 Å². The second-order valence-electron chi connectivity index (χ2n) is 7.92. The summed E-state index contributed by atoms with van der Waals surface area (Å²) in [6.07, 6.45) is -4.39. The zero-order valence-electron chi connectivity index (χ0n) is 19.6. The van der Waals surface area contributed by atoms with E-state index in [0.717, 1.165) is 12.1 Å². The molecule has 0 fully saturated rings. The molecule has 192 valence electrons. The minimum Gasteiger partial charge on any atom is -0.481 e. The van der Waals surface area contributed by atoms with Crippen molar-refractivity contribution in [1.82, 2.24) is 9.97 Å². The van der Waals surface area contributed by atoms with Crippen LogP contribution in [0.25, 0.3) is 11.3 Å². The van der Waals surface area contributed by atoms with E-state index >= 15 is 0 Å². The molecule has 0 saturated heterocycles. The van der Waals surface area contributed by atoms with Gasteiger partial charge in [-0.2, -0.15) is 21.6 Å². The molecule has 0 spiro atoms. The molecule has 0 unspecified atom stereocenters. The summed E-state index contributed by atoms with van der Waals surface area (Å²) in [7, 11) is -4.29. The summed E-state index contributed by atoms with van der Waals surface area (Å²) in [5.41, 5.74) is -0.601. The quantitative estimate of drug-likeness (QED) is 0.387. The standard InChI is InChI=1S/C24H25F3N4O4S/c1-3-31(15-7-12-22(32)33)20-10-6-11-21(29-20)36(34,35)30-19-14-13-18(24(25,26)27)23(28-19)17-9-5-4-8-16(17)2/h4-6,8-11,13-14H,3,7,12,15H2,1-2H3,(H,28,30)(H,32,33). The van der Waals surface area contributed by atoms with Gasteiger partial charge in [-0.15, -0.1) is 0 Å². The highest BCUT2D eigenvalue weighted by Crippen LogP contribution is 2.38. The second-order valence-corrected chi connectivity index (χ2v) is 9.55. The van der Waals surface area contributed by atoms with Gasteiger partial charge >= 0.3 is 12.1 Å². The van der Waals surface area contributed by atoms with Crippen LogP contribution < -0.4 is 9.62 Å². The fourth-order valence-corrected chi connectivity index (χ4v) is 4.53. The number of rotatable bonds is 10. The van der Waals surface area contributed by atoms with E-state index in [0.29, 0.717) is 30.9 Å². The summed E-state index contributed by atoms with van der Waals surface area (Å²) >= 11 is 0. The molecule has 0 aliphatic heterocycles. The summed E-state index contributed by atoms with van der Waals surface area (Å²) in [6.45, 7) is 4.28. The van der Waals surface area contributed by atoms with Gasteiger partial charge in [0, 0.05) is 25.1 Å². The Bertz CT molecular complexity index is 1350. The molecule has 2 heterocycles. The molecule has 12 heteroatoms. The number of carboxylic acid groups (broad SMARTS) is 1. The molecule has 1 aromatic carbocycles. The number of carbonyl (C=O) groups is 1. The van der Waals surface area contributed by atoms with Gasteiger partial charge in [-0.05, 0) is 50.1 Å². The molecule has 0 amide bonds. The SMILES string of the molecule is CCN(CCCC(=O)O)c1cccc(S(=O)(=O)Nc2ccc(C(F)(F)F)c(-c3ccccc3C)n2)n1. The first-order chi connectivity index (χ1) is 16.9. The van der Waals surface area contributed by atoms with Crippen LogP contribution in [0.4, 0.5) is 24.8 Å². The van der Waals surface area contributed by atoms with Crippen LogP contribution in [0.2, 0.25) is 0 Å². The number of pyridine rings is 2. The molecule has 0 atom stereocenters. The number of sulfonamides is 1. The molecule has 0 bridgehead atoms. The average Bonchev–Trinajstić information content (AvgIpc) is 2.81. The Hall–Kier alpha value is -3.67. The van der Waals surface area contributed by atoms with Crippen molar-refractivity contribution in [2.24, 2.45) is 0 Å². The Morgan fingerprint density at radius 1 is 1.06 bits per heavy atom. The van der Waals surface area contributed by atoms with E-state index in [9.17, 15) is 26.4 Å². The van der Waals surface area contributed by atoms with Gasteiger partial charge in [0.15, 0.2) is 5.03 Å². The van der Waals surface area contributed by atoms with Crippen LogP contribution in [0.15, 0.2) is 59.6 Å². The van der Waals surface area contributed by atoms with Gasteiger partial charge in [-0.25, -0.2) is 9.97 Å². The van der Waals surface area contributed by atoms with Crippen LogP contribution in [0.3, 0.4) is 0 Å². The predicted molar refractivity (Wildman–Crippen MR) is 129 cm³/mol. The van der Waals surface area contributed by atoms with E-state index in [1.165, 1.54) is 18.2 Å². The van der Waals surface area contributed by atoms with Crippen LogP contribution in [-0.4, -0.2) is 42.6 Å². The number of halogens is 3. The van der Waals surface area contributed by atoms with E-state index in [1.807, 2.05) is 6.92 Å². The highest BCUT2D eigenvalue weighted by molar-refractivity contribution is 7.92. The Kier molecular flexibility index (Phi) is 8.18. The molecule has 0 aliphatic carbocycles. The van der Waals surface area contributed by atoms with Crippen molar-refractivity contribution in [2.75, 3.05) is 22.7 Å². The smallest absolute Gasteiger partial charge is 0.418 e. The third kappa shape index (κ3) is 6.51. The van der Waals surface area contributed by atoms with E-state index in [1.54, 1.807) is 36.1 Å².